The van der Waals surface area contributed by atoms with Crippen LogP contribution in [0.5, 0.6) is 0 Å². The Kier molecular flexibility index (Phi) is 6.19. The molecule has 2 atom stereocenters. The molecule has 2 heterocycles. The van der Waals surface area contributed by atoms with Crippen LogP contribution in [-0.4, -0.2) is 40.6 Å². The Morgan fingerprint density at radius 3 is 2.30 bits per heavy atom. The average molecular weight is 461 g/mol. The molecule has 1 fully saturated rings. The lowest BCUT2D eigenvalue weighted by atomic mass is 10.0. The fourth-order valence-corrected chi connectivity index (χ4v) is 3.77. The van der Waals surface area contributed by atoms with E-state index in [2.05, 4.69) is 15.6 Å². The highest BCUT2D eigenvalue weighted by Crippen LogP contribution is 2.33. The summed E-state index contributed by atoms with van der Waals surface area (Å²) in [6.45, 7) is 0.0362. The zero-order valence-corrected chi connectivity index (χ0v) is 17.1. The number of benzene rings is 2. The van der Waals surface area contributed by atoms with E-state index in [1.807, 2.05) is 0 Å². The van der Waals surface area contributed by atoms with Crippen LogP contribution in [0.15, 0.2) is 42.5 Å². The molecule has 0 radical (unpaired) electrons. The van der Waals surface area contributed by atoms with Crippen molar-refractivity contribution in [3.8, 4) is 22.5 Å². The van der Waals surface area contributed by atoms with Crippen LogP contribution in [0.4, 0.5) is 17.6 Å². The molecular formula is C23H19F4N3O3. The highest BCUT2D eigenvalue weighted by atomic mass is 19.1. The van der Waals surface area contributed by atoms with E-state index in [0.717, 1.165) is 0 Å². The summed E-state index contributed by atoms with van der Waals surface area (Å²) in [5.41, 5.74) is 0.948. The van der Waals surface area contributed by atoms with Gasteiger partial charge in [-0.1, -0.05) is 0 Å². The molecule has 2 amide bonds. The van der Waals surface area contributed by atoms with Crippen molar-refractivity contribution in [2.24, 2.45) is 0 Å². The van der Waals surface area contributed by atoms with Gasteiger partial charge in [0.15, 0.2) is 0 Å². The number of β-amino-alcohol motifs (C(OH)–C–C–N with tert-alkyl or cyclic N) is 1. The van der Waals surface area contributed by atoms with Crippen LogP contribution in [0.1, 0.15) is 12.0 Å². The third-order valence-electron chi connectivity index (χ3n) is 5.40. The first kappa shape index (κ1) is 22.5. The number of amides is 2. The summed E-state index contributed by atoms with van der Waals surface area (Å²) in [6, 6.07) is 6.85. The first-order chi connectivity index (χ1) is 15.7. The van der Waals surface area contributed by atoms with Crippen molar-refractivity contribution in [2.75, 3.05) is 6.54 Å². The Hall–Kier alpha value is -3.66. The number of aliphatic hydroxyl groups is 1. The second-order valence-corrected chi connectivity index (χ2v) is 7.69. The van der Waals surface area contributed by atoms with Crippen LogP contribution >= 0.6 is 0 Å². The highest BCUT2D eigenvalue weighted by molar-refractivity contribution is 5.90. The van der Waals surface area contributed by atoms with Gasteiger partial charge in [0.25, 0.3) is 0 Å². The Morgan fingerprint density at radius 1 is 1.03 bits per heavy atom. The maximum absolute atomic E-state index is 14.3. The average Bonchev–Trinajstić information content (AvgIpc) is 3.30. The van der Waals surface area contributed by atoms with Gasteiger partial charge >= 0.3 is 0 Å². The van der Waals surface area contributed by atoms with E-state index < -0.39 is 52.8 Å². The monoisotopic (exact) mass is 461 g/mol. The van der Waals surface area contributed by atoms with E-state index in [1.165, 1.54) is 30.3 Å². The van der Waals surface area contributed by atoms with Gasteiger partial charge in [-0.25, -0.2) is 17.6 Å². The Bertz CT molecular complexity index is 1190. The molecule has 0 bridgehead atoms. The van der Waals surface area contributed by atoms with Crippen molar-refractivity contribution in [1.29, 1.82) is 0 Å². The number of nitrogens with one attached hydrogen (secondary N) is 3. The summed E-state index contributed by atoms with van der Waals surface area (Å²) >= 11 is 0. The molecule has 4 rings (SSSR count). The molecule has 10 heteroatoms. The van der Waals surface area contributed by atoms with Crippen molar-refractivity contribution in [3.63, 3.8) is 0 Å². The van der Waals surface area contributed by atoms with Gasteiger partial charge in [0.2, 0.25) is 11.8 Å². The van der Waals surface area contributed by atoms with Crippen LogP contribution < -0.4 is 10.6 Å². The van der Waals surface area contributed by atoms with Crippen LogP contribution in [0.25, 0.3) is 22.5 Å². The van der Waals surface area contributed by atoms with Gasteiger partial charge in [-0.05, 0) is 47.9 Å². The fraction of sp³-hybridized carbons (Fsp3) is 0.217. The predicted octanol–water partition coefficient (Wildman–Crippen LogP) is 2.81. The maximum Gasteiger partial charge on any atom is 0.245 e. The topological polar surface area (TPSA) is 94.2 Å². The first-order valence-corrected chi connectivity index (χ1v) is 10.1. The van der Waals surface area contributed by atoms with Crippen molar-refractivity contribution < 1.29 is 32.3 Å². The summed E-state index contributed by atoms with van der Waals surface area (Å²) < 4.78 is 55.4. The van der Waals surface area contributed by atoms with Crippen LogP contribution in [0.3, 0.4) is 0 Å². The van der Waals surface area contributed by atoms with Crippen LogP contribution in [0, 0.1) is 23.3 Å². The lowest BCUT2D eigenvalue weighted by molar-refractivity contribution is -0.128. The first-order valence-electron chi connectivity index (χ1n) is 10.1. The molecule has 172 valence electrons. The van der Waals surface area contributed by atoms with E-state index in [1.54, 1.807) is 0 Å². The number of aromatic nitrogens is 1. The van der Waals surface area contributed by atoms with Crippen molar-refractivity contribution in [3.05, 3.63) is 71.3 Å². The molecule has 3 aromatic rings. The number of halogens is 4. The zero-order valence-electron chi connectivity index (χ0n) is 17.1. The molecule has 1 saturated heterocycles. The largest absolute Gasteiger partial charge is 0.389 e. The third kappa shape index (κ3) is 4.75. The number of aliphatic hydroxyl groups excluding tert-OH is 1. The second-order valence-electron chi connectivity index (χ2n) is 7.69. The van der Waals surface area contributed by atoms with Crippen molar-refractivity contribution >= 4 is 11.8 Å². The standard InChI is InChI=1S/C23H19F4N3O3/c24-13-4-1-11(2-5-13)21-12(3-6-19(32)30-22-18(31)10-28-23(22)33)7-17(29-21)20-15(26)8-14(25)9-16(20)27/h1-2,4-5,7-9,18,22,29,31H,3,6,10H2,(H,28,33)(H,30,32)/t18-,22+/m1/s1. The molecule has 33 heavy (non-hydrogen) atoms. The van der Waals surface area contributed by atoms with Crippen molar-refractivity contribution in [2.45, 2.75) is 25.0 Å². The van der Waals surface area contributed by atoms with E-state index in [9.17, 15) is 32.3 Å². The molecule has 0 aliphatic carbocycles. The minimum atomic E-state index is -1.11. The second kappa shape index (κ2) is 9.07. The molecule has 1 aromatic heterocycles. The number of H-pyrrole nitrogens is 1. The predicted molar refractivity (Wildman–Crippen MR) is 111 cm³/mol. The molecule has 4 N–H and O–H groups in total. The number of hydrogen-bond donors (Lipinski definition) is 4. The SMILES string of the molecule is O=C(CCc1cc(-c2c(F)cc(F)cc2F)[nH]c1-c1ccc(F)cc1)N[C@@H]1C(=O)NC[C@H]1O. The van der Waals surface area contributed by atoms with Gasteiger partial charge in [-0.15, -0.1) is 0 Å². The molecule has 0 saturated carbocycles. The smallest absolute Gasteiger partial charge is 0.245 e. The maximum atomic E-state index is 14.3. The van der Waals surface area contributed by atoms with Gasteiger partial charge in [-0.3, -0.25) is 9.59 Å². The number of hydrogen-bond acceptors (Lipinski definition) is 3. The molecule has 6 nitrogen and oxygen atoms in total. The molecular weight excluding hydrogens is 442 g/mol. The quantitative estimate of drug-likeness (QED) is 0.426. The minimum Gasteiger partial charge on any atom is -0.389 e. The Balaban J connectivity index is 1.63. The number of carbonyl (C=O) groups excluding carboxylic acids is 2. The summed E-state index contributed by atoms with van der Waals surface area (Å²) in [4.78, 5) is 26.9. The van der Waals surface area contributed by atoms with E-state index >= 15 is 0 Å². The minimum absolute atomic E-state index is 0.0188. The number of carbonyl (C=O) groups is 2. The molecule has 1 aliphatic rings. The number of aromatic amines is 1. The van der Waals surface area contributed by atoms with Crippen LogP contribution in [-0.2, 0) is 16.0 Å². The summed E-state index contributed by atoms with van der Waals surface area (Å²) in [5.74, 6) is -4.75. The highest BCUT2D eigenvalue weighted by Gasteiger charge is 2.34. The number of rotatable bonds is 6. The summed E-state index contributed by atoms with van der Waals surface area (Å²) in [5, 5.41) is 14.7. The Morgan fingerprint density at radius 2 is 1.70 bits per heavy atom. The molecule has 1 aliphatic heterocycles. The van der Waals surface area contributed by atoms with Gasteiger partial charge < -0.3 is 20.7 Å². The fourth-order valence-electron chi connectivity index (χ4n) is 3.77. The number of aryl methyl sites for hydroxylation is 1. The Labute approximate surface area is 185 Å². The summed E-state index contributed by atoms with van der Waals surface area (Å²) in [7, 11) is 0. The third-order valence-corrected chi connectivity index (χ3v) is 5.40. The van der Waals surface area contributed by atoms with Crippen LogP contribution in [0.2, 0.25) is 0 Å². The zero-order chi connectivity index (χ0) is 23.7. The van der Waals surface area contributed by atoms with E-state index in [4.69, 9.17) is 0 Å². The lowest BCUT2D eigenvalue weighted by Gasteiger charge is -2.13. The van der Waals surface area contributed by atoms with Crippen molar-refractivity contribution in [1.82, 2.24) is 15.6 Å². The van der Waals surface area contributed by atoms with Gasteiger partial charge in [-0.2, -0.15) is 0 Å². The van der Waals surface area contributed by atoms with E-state index in [-0.39, 0.29) is 25.1 Å². The van der Waals surface area contributed by atoms with Gasteiger partial charge in [0.05, 0.1) is 11.3 Å². The van der Waals surface area contributed by atoms with E-state index in [0.29, 0.717) is 29.0 Å². The van der Waals surface area contributed by atoms with Gasteiger partial charge in [0, 0.05) is 30.8 Å². The lowest BCUT2D eigenvalue weighted by Crippen LogP contribution is -2.45. The molecule has 2 aromatic carbocycles. The van der Waals surface area contributed by atoms with Gasteiger partial charge in [0.1, 0.15) is 35.4 Å². The molecule has 0 unspecified atom stereocenters. The normalized spacial score (nSPS) is 17.8. The summed E-state index contributed by atoms with van der Waals surface area (Å²) in [6.07, 6.45) is -1.04. The molecule has 0 spiro atoms.